The summed E-state index contributed by atoms with van der Waals surface area (Å²) >= 11 is 1.29. The zero-order valence-corrected chi connectivity index (χ0v) is 17.8. The topological polar surface area (TPSA) is 87.2 Å². The molecule has 1 aromatic heterocycles. The van der Waals surface area contributed by atoms with Gasteiger partial charge in [-0.2, -0.15) is 0 Å². The number of carbonyl (C=O) groups excluding carboxylic acids is 2. The van der Waals surface area contributed by atoms with Gasteiger partial charge in [0.05, 0.1) is 0 Å². The van der Waals surface area contributed by atoms with Crippen LogP contribution in [0.4, 0.5) is 20.6 Å². The Balaban J connectivity index is 1.31. The SMILES string of the molecule is Cc1ccc(NC(=O)N2CCC(c3nnc(C(=O)Nc4ccccc4)s3)CC2)cc1F. The van der Waals surface area contributed by atoms with Crippen molar-refractivity contribution in [3.05, 3.63) is 69.9 Å². The molecule has 3 aromatic rings. The Labute approximate surface area is 183 Å². The Bertz CT molecular complexity index is 1080. The van der Waals surface area contributed by atoms with Crippen molar-refractivity contribution in [2.24, 2.45) is 0 Å². The van der Waals surface area contributed by atoms with Gasteiger partial charge in [-0.3, -0.25) is 4.79 Å². The summed E-state index contributed by atoms with van der Waals surface area (Å²) in [7, 11) is 0. The molecule has 3 amide bonds. The molecule has 1 fully saturated rings. The lowest BCUT2D eigenvalue weighted by atomic mass is 9.98. The van der Waals surface area contributed by atoms with E-state index in [1.54, 1.807) is 24.0 Å². The number of hydrogen-bond donors (Lipinski definition) is 2. The molecule has 31 heavy (non-hydrogen) atoms. The highest BCUT2D eigenvalue weighted by Crippen LogP contribution is 2.30. The highest BCUT2D eigenvalue weighted by molar-refractivity contribution is 7.13. The number of benzene rings is 2. The van der Waals surface area contributed by atoms with Gasteiger partial charge in [0.1, 0.15) is 10.8 Å². The fraction of sp³-hybridized carbons (Fsp3) is 0.273. The van der Waals surface area contributed by atoms with E-state index in [4.69, 9.17) is 0 Å². The first-order chi connectivity index (χ1) is 15.0. The maximum atomic E-state index is 13.7. The zero-order valence-electron chi connectivity index (χ0n) is 17.0. The van der Waals surface area contributed by atoms with Gasteiger partial charge in [0.2, 0.25) is 5.01 Å². The van der Waals surface area contributed by atoms with E-state index in [9.17, 15) is 14.0 Å². The van der Waals surface area contributed by atoms with Crippen molar-refractivity contribution in [1.82, 2.24) is 15.1 Å². The molecule has 7 nitrogen and oxygen atoms in total. The van der Waals surface area contributed by atoms with E-state index in [0.717, 1.165) is 17.8 Å². The van der Waals surface area contributed by atoms with Gasteiger partial charge in [-0.1, -0.05) is 35.6 Å². The number of para-hydroxylation sites is 1. The minimum atomic E-state index is -0.347. The van der Waals surface area contributed by atoms with Crippen LogP contribution in [0.1, 0.15) is 39.1 Å². The number of hydrogen-bond acceptors (Lipinski definition) is 5. The molecule has 0 aliphatic carbocycles. The number of nitrogens with one attached hydrogen (secondary N) is 2. The lowest BCUT2D eigenvalue weighted by molar-refractivity contribution is 0.102. The lowest BCUT2D eigenvalue weighted by Crippen LogP contribution is -2.40. The Hall–Kier alpha value is -3.33. The first-order valence-electron chi connectivity index (χ1n) is 10.0. The number of piperidine rings is 1. The Morgan fingerprint density at radius 2 is 1.77 bits per heavy atom. The number of aromatic nitrogens is 2. The van der Waals surface area contributed by atoms with Crippen molar-refractivity contribution in [3.63, 3.8) is 0 Å². The predicted molar refractivity (Wildman–Crippen MR) is 118 cm³/mol. The van der Waals surface area contributed by atoms with Crippen LogP contribution in [-0.4, -0.2) is 40.1 Å². The molecule has 0 radical (unpaired) electrons. The summed E-state index contributed by atoms with van der Waals surface area (Å²) in [4.78, 5) is 26.6. The van der Waals surface area contributed by atoms with Crippen LogP contribution in [0.2, 0.25) is 0 Å². The summed E-state index contributed by atoms with van der Waals surface area (Å²) < 4.78 is 13.7. The summed E-state index contributed by atoms with van der Waals surface area (Å²) in [6, 6.07) is 13.6. The Morgan fingerprint density at radius 3 is 2.48 bits per heavy atom. The standard InChI is InChI=1S/C22H22FN5O2S/c1-14-7-8-17(13-18(14)23)25-22(30)28-11-9-15(10-12-28)20-26-27-21(31-20)19(29)24-16-5-3-2-4-6-16/h2-8,13,15H,9-12H2,1H3,(H,24,29)(H,25,30). The van der Waals surface area contributed by atoms with Gasteiger partial charge in [-0.05, 0) is 49.6 Å². The lowest BCUT2D eigenvalue weighted by Gasteiger charge is -2.31. The molecule has 1 saturated heterocycles. The molecule has 2 heterocycles. The summed E-state index contributed by atoms with van der Waals surface area (Å²) in [5.41, 5.74) is 1.68. The van der Waals surface area contributed by atoms with E-state index >= 15 is 0 Å². The molecule has 0 spiro atoms. The molecule has 1 aliphatic heterocycles. The molecular weight excluding hydrogens is 417 g/mol. The quantitative estimate of drug-likeness (QED) is 0.620. The molecular formula is C22H22FN5O2S. The number of amides is 3. The van der Waals surface area contributed by atoms with Crippen molar-refractivity contribution < 1.29 is 14.0 Å². The second kappa shape index (κ2) is 9.22. The average molecular weight is 440 g/mol. The number of nitrogens with zero attached hydrogens (tertiary/aromatic N) is 3. The van der Waals surface area contributed by atoms with E-state index in [-0.39, 0.29) is 23.7 Å². The first-order valence-corrected chi connectivity index (χ1v) is 10.8. The van der Waals surface area contributed by atoms with Crippen LogP contribution in [0.25, 0.3) is 0 Å². The number of urea groups is 1. The highest BCUT2D eigenvalue weighted by atomic mass is 32.1. The first kappa shape index (κ1) is 20.9. The van der Waals surface area contributed by atoms with Crippen LogP contribution in [0, 0.1) is 12.7 Å². The number of anilines is 2. The van der Waals surface area contributed by atoms with E-state index in [1.807, 2.05) is 30.3 Å². The minimum absolute atomic E-state index is 0.150. The van der Waals surface area contributed by atoms with Gasteiger partial charge in [0, 0.05) is 30.4 Å². The maximum absolute atomic E-state index is 13.7. The third kappa shape index (κ3) is 5.05. The van der Waals surface area contributed by atoms with Crippen LogP contribution in [0.5, 0.6) is 0 Å². The van der Waals surface area contributed by atoms with Crippen molar-refractivity contribution >= 4 is 34.6 Å². The van der Waals surface area contributed by atoms with E-state index < -0.39 is 0 Å². The number of carbonyl (C=O) groups is 2. The average Bonchev–Trinajstić information content (AvgIpc) is 3.28. The second-order valence-corrected chi connectivity index (χ2v) is 8.43. The number of halogens is 1. The van der Waals surface area contributed by atoms with Crippen LogP contribution in [0.3, 0.4) is 0 Å². The van der Waals surface area contributed by atoms with Crippen molar-refractivity contribution in [2.45, 2.75) is 25.7 Å². The largest absolute Gasteiger partial charge is 0.324 e. The fourth-order valence-electron chi connectivity index (χ4n) is 3.40. The van der Waals surface area contributed by atoms with Gasteiger partial charge >= 0.3 is 6.03 Å². The Kier molecular flexibility index (Phi) is 6.22. The molecule has 0 bridgehead atoms. The van der Waals surface area contributed by atoms with Gasteiger partial charge in [-0.15, -0.1) is 10.2 Å². The third-order valence-electron chi connectivity index (χ3n) is 5.22. The second-order valence-electron chi connectivity index (χ2n) is 7.42. The molecule has 0 saturated carbocycles. The molecule has 2 N–H and O–H groups in total. The smallest absolute Gasteiger partial charge is 0.321 e. The highest BCUT2D eigenvalue weighted by Gasteiger charge is 2.27. The summed E-state index contributed by atoms with van der Waals surface area (Å²) in [5, 5.41) is 14.9. The van der Waals surface area contributed by atoms with E-state index in [2.05, 4.69) is 20.8 Å². The normalized spacial score (nSPS) is 14.3. The molecule has 2 aromatic carbocycles. The predicted octanol–water partition coefficient (Wildman–Crippen LogP) is 4.65. The molecule has 160 valence electrons. The molecule has 0 atom stereocenters. The zero-order chi connectivity index (χ0) is 21.8. The number of aryl methyl sites for hydroxylation is 1. The molecule has 0 unspecified atom stereocenters. The van der Waals surface area contributed by atoms with Crippen molar-refractivity contribution in [3.8, 4) is 0 Å². The monoisotopic (exact) mass is 439 g/mol. The fourth-order valence-corrected chi connectivity index (χ4v) is 4.31. The van der Waals surface area contributed by atoms with Gasteiger partial charge < -0.3 is 15.5 Å². The summed E-state index contributed by atoms with van der Waals surface area (Å²) in [6.07, 6.45) is 1.45. The van der Waals surface area contributed by atoms with Crippen LogP contribution < -0.4 is 10.6 Å². The van der Waals surface area contributed by atoms with Crippen molar-refractivity contribution in [2.75, 3.05) is 23.7 Å². The molecule has 9 heteroatoms. The minimum Gasteiger partial charge on any atom is -0.324 e. The van der Waals surface area contributed by atoms with E-state index in [1.165, 1.54) is 17.4 Å². The molecule has 1 aliphatic rings. The third-order valence-corrected chi connectivity index (χ3v) is 6.31. The van der Waals surface area contributed by atoms with Crippen LogP contribution in [-0.2, 0) is 0 Å². The van der Waals surface area contributed by atoms with Crippen LogP contribution in [0.15, 0.2) is 48.5 Å². The van der Waals surface area contributed by atoms with Crippen LogP contribution >= 0.6 is 11.3 Å². The van der Waals surface area contributed by atoms with Gasteiger partial charge in [0.15, 0.2) is 0 Å². The maximum Gasteiger partial charge on any atom is 0.321 e. The van der Waals surface area contributed by atoms with Gasteiger partial charge in [0.25, 0.3) is 5.91 Å². The number of likely N-dealkylation sites (tertiary alicyclic amines) is 1. The Morgan fingerprint density at radius 1 is 1.03 bits per heavy atom. The number of rotatable bonds is 4. The summed E-state index contributed by atoms with van der Waals surface area (Å²) in [5.74, 6) is -0.478. The van der Waals surface area contributed by atoms with Gasteiger partial charge in [-0.25, -0.2) is 9.18 Å². The summed E-state index contributed by atoms with van der Waals surface area (Å²) in [6.45, 7) is 2.78. The molecule has 4 rings (SSSR count). The van der Waals surface area contributed by atoms with E-state index in [0.29, 0.717) is 35.0 Å². The van der Waals surface area contributed by atoms with Crippen molar-refractivity contribution in [1.29, 1.82) is 0 Å².